The Morgan fingerprint density at radius 2 is 1.78 bits per heavy atom. The van der Waals surface area contributed by atoms with E-state index in [1.165, 1.54) is 5.57 Å². The number of hydrogen-bond donors (Lipinski definition) is 0. The van der Waals surface area contributed by atoms with E-state index in [9.17, 15) is 8.42 Å². The van der Waals surface area contributed by atoms with Crippen molar-refractivity contribution < 1.29 is 12.6 Å². The van der Waals surface area contributed by atoms with E-state index in [1.807, 2.05) is 0 Å². The molecule has 1 aliphatic carbocycles. The van der Waals surface area contributed by atoms with E-state index < -0.39 is 10.1 Å². The summed E-state index contributed by atoms with van der Waals surface area (Å²) < 4.78 is 27.9. The van der Waals surface area contributed by atoms with Gasteiger partial charge in [0.25, 0.3) is 10.1 Å². The van der Waals surface area contributed by atoms with Crippen molar-refractivity contribution in [1.82, 2.24) is 0 Å². The lowest BCUT2D eigenvalue weighted by molar-refractivity contribution is 0.235. The molecule has 1 rings (SSSR count). The average molecular weight is 274 g/mol. The maximum atomic E-state index is 11.6. The molecule has 0 aromatic rings. The first-order chi connectivity index (χ1) is 8.28. The average Bonchev–Trinajstić information content (AvgIpc) is 2.29. The van der Waals surface area contributed by atoms with E-state index in [2.05, 4.69) is 33.8 Å². The van der Waals surface area contributed by atoms with Crippen LogP contribution in [0.2, 0.25) is 0 Å². The third-order valence-corrected chi connectivity index (χ3v) is 5.75. The standard InChI is InChI=1S/C14H26O3S/c1-6-17-18(15,16)8-7-14-9-10(2)11(3)12(4)13(14)5/h9-13H,6-8H2,1-5H3. The van der Waals surface area contributed by atoms with Gasteiger partial charge < -0.3 is 0 Å². The predicted molar refractivity (Wildman–Crippen MR) is 74.8 cm³/mol. The second-order valence-corrected chi connectivity index (χ2v) is 7.29. The summed E-state index contributed by atoms with van der Waals surface area (Å²) in [6, 6.07) is 0. The van der Waals surface area contributed by atoms with Crippen LogP contribution in [0.15, 0.2) is 11.6 Å². The van der Waals surface area contributed by atoms with Gasteiger partial charge >= 0.3 is 0 Å². The van der Waals surface area contributed by atoms with Crippen LogP contribution in [-0.4, -0.2) is 20.8 Å². The maximum absolute atomic E-state index is 11.6. The van der Waals surface area contributed by atoms with Gasteiger partial charge in [-0.1, -0.05) is 39.3 Å². The molecular weight excluding hydrogens is 248 g/mol. The minimum atomic E-state index is -3.34. The van der Waals surface area contributed by atoms with Gasteiger partial charge in [0.2, 0.25) is 0 Å². The van der Waals surface area contributed by atoms with Crippen molar-refractivity contribution in [3.8, 4) is 0 Å². The summed E-state index contributed by atoms with van der Waals surface area (Å²) in [5.41, 5.74) is 1.27. The van der Waals surface area contributed by atoms with Gasteiger partial charge in [0.05, 0.1) is 12.4 Å². The van der Waals surface area contributed by atoms with Crippen LogP contribution in [0.1, 0.15) is 41.0 Å². The van der Waals surface area contributed by atoms with Gasteiger partial charge in [-0.15, -0.1) is 0 Å². The normalized spacial score (nSPS) is 33.3. The topological polar surface area (TPSA) is 43.4 Å². The Labute approximate surface area is 112 Å². The van der Waals surface area contributed by atoms with Crippen LogP contribution >= 0.6 is 0 Å². The molecule has 0 spiro atoms. The molecule has 0 saturated carbocycles. The molecule has 4 heteroatoms. The fraction of sp³-hybridized carbons (Fsp3) is 0.857. The molecule has 1 aliphatic rings. The Bertz CT molecular complexity index is 397. The second kappa shape index (κ2) is 6.20. The zero-order valence-electron chi connectivity index (χ0n) is 12.1. The van der Waals surface area contributed by atoms with Gasteiger partial charge in [-0.3, -0.25) is 4.18 Å². The molecule has 0 aliphatic heterocycles. The molecular formula is C14H26O3S. The van der Waals surface area contributed by atoms with Crippen LogP contribution in [0.4, 0.5) is 0 Å². The highest BCUT2D eigenvalue weighted by molar-refractivity contribution is 7.86. The Balaban J connectivity index is 2.70. The van der Waals surface area contributed by atoms with Crippen LogP contribution in [0.3, 0.4) is 0 Å². The second-order valence-electron chi connectivity index (χ2n) is 5.53. The smallest absolute Gasteiger partial charge is 0.267 e. The summed E-state index contributed by atoms with van der Waals surface area (Å²) in [5, 5.41) is 0. The number of rotatable bonds is 5. The van der Waals surface area contributed by atoms with Crippen LogP contribution in [0.5, 0.6) is 0 Å². The summed E-state index contributed by atoms with van der Waals surface area (Å²) in [6.07, 6.45) is 2.86. The highest BCUT2D eigenvalue weighted by Crippen LogP contribution is 2.38. The Kier molecular flexibility index (Phi) is 5.41. The molecule has 0 aromatic carbocycles. The highest BCUT2D eigenvalue weighted by Gasteiger charge is 2.30. The van der Waals surface area contributed by atoms with E-state index in [4.69, 9.17) is 4.18 Å². The van der Waals surface area contributed by atoms with Crippen molar-refractivity contribution in [3.63, 3.8) is 0 Å². The van der Waals surface area contributed by atoms with E-state index in [0.29, 0.717) is 30.1 Å². The summed E-state index contributed by atoms with van der Waals surface area (Å²) in [4.78, 5) is 0. The fourth-order valence-corrected chi connectivity index (χ4v) is 3.67. The quantitative estimate of drug-likeness (QED) is 0.571. The third kappa shape index (κ3) is 3.82. The van der Waals surface area contributed by atoms with Gasteiger partial charge in [-0.25, -0.2) is 0 Å². The maximum Gasteiger partial charge on any atom is 0.267 e. The summed E-state index contributed by atoms with van der Waals surface area (Å²) in [5.74, 6) is 2.36. The van der Waals surface area contributed by atoms with Crippen LogP contribution in [0.25, 0.3) is 0 Å². The lowest BCUT2D eigenvalue weighted by Gasteiger charge is -2.36. The molecule has 0 bridgehead atoms. The molecule has 106 valence electrons. The molecule has 18 heavy (non-hydrogen) atoms. The van der Waals surface area contributed by atoms with Crippen molar-refractivity contribution in [2.24, 2.45) is 23.7 Å². The van der Waals surface area contributed by atoms with Gasteiger partial charge in [-0.2, -0.15) is 8.42 Å². The van der Waals surface area contributed by atoms with Gasteiger partial charge in [0.1, 0.15) is 0 Å². The molecule has 3 nitrogen and oxygen atoms in total. The molecule has 0 radical (unpaired) electrons. The Hall–Kier alpha value is -0.350. The van der Waals surface area contributed by atoms with Gasteiger partial charge in [0.15, 0.2) is 0 Å². The van der Waals surface area contributed by atoms with Crippen molar-refractivity contribution >= 4 is 10.1 Å². The molecule has 0 N–H and O–H groups in total. The van der Waals surface area contributed by atoms with E-state index in [1.54, 1.807) is 6.92 Å². The predicted octanol–water partition coefficient (Wildman–Crippen LogP) is 3.23. The molecule has 0 fully saturated rings. The Morgan fingerprint density at radius 1 is 1.17 bits per heavy atom. The minimum Gasteiger partial charge on any atom is -0.270 e. The van der Waals surface area contributed by atoms with E-state index in [-0.39, 0.29) is 12.4 Å². The van der Waals surface area contributed by atoms with Gasteiger partial charge in [0, 0.05) is 0 Å². The zero-order chi connectivity index (χ0) is 13.9. The van der Waals surface area contributed by atoms with Crippen LogP contribution in [0, 0.1) is 23.7 Å². The number of hydrogen-bond acceptors (Lipinski definition) is 3. The molecule has 4 unspecified atom stereocenters. The lowest BCUT2D eigenvalue weighted by atomic mass is 9.69. The van der Waals surface area contributed by atoms with Crippen LogP contribution in [-0.2, 0) is 14.3 Å². The minimum absolute atomic E-state index is 0.102. The molecule has 0 aromatic heterocycles. The van der Waals surface area contributed by atoms with Gasteiger partial charge in [-0.05, 0) is 37.0 Å². The van der Waals surface area contributed by atoms with E-state index in [0.717, 1.165) is 0 Å². The largest absolute Gasteiger partial charge is 0.270 e. The Morgan fingerprint density at radius 3 is 2.33 bits per heavy atom. The molecule has 0 heterocycles. The SMILES string of the molecule is CCOS(=O)(=O)CCC1=CC(C)C(C)C(C)C1C. The molecule has 4 atom stereocenters. The summed E-state index contributed by atoms with van der Waals surface area (Å²) in [6.45, 7) is 10.9. The zero-order valence-corrected chi connectivity index (χ0v) is 13.0. The highest BCUT2D eigenvalue weighted by atomic mass is 32.2. The van der Waals surface area contributed by atoms with Crippen molar-refractivity contribution in [1.29, 1.82) is 0 Å². The third-order valence-electron chi connectivity index (χ3n) is 4.45. The summed E-state index contributed by atoms with van der Waals surface area (Å²) in [7, 11) is -3.34. The monoisotopic (exact) mass is 274 g/mol. The molecule has 0 saturated heterocycles. The number of allylic oxidation sites excluding steroid dienone is 2. The first-order valence-corrected chi connectivity index (χ1v) is 8.44. The fourth-order valence-electron chi connectivity index (χ4n) is 2.71. The van der Waals surface area contributed by atoms with Crippen molar-refractivity contribution in [3.05, 3.63) is 11.6 Å². The van der Waals surface area contributed by atoms with Crippen molar-refractivity contribution in [2.45, 2.75) is 41.0 Å². The van der Waals surface area contributed by atoms with Crippen molar-refractivity contribution in [2.75, 3.05) is 12.4 Å². The summed E-state index contributed by atoms with van der Waals surface area (Å²) >= 11 is 0. The first kappa shape index (κ1) is 15.7. The lowest BCUT2D eigenvalue weighted by Crippen LogP contribution is -2.28. The van der Waals surface area contributed by atoms with E-state index >= 15 is 0 Å². The van der Waals surface area contributed by atoms with Crippen LogP contribution < -0.4 is 0 Å². The first-order valence-electron chi connectivity index (χ1n) is 6.86. The molecule has 0 amide bonds.